The number of carbonyl (C=O) groups excluding carboxylic acids is 1. The Morgan fingerprint density at radius 2 is 2.06 bits per heavy atom. The molecule has 1 aliphatic rings. The van der Waals surface area contributed by atoms with E-state index in [0.717, 1.165) is 27.6 Å². The lowest BCUT2D eigenvalue weighted by Gasteiger charge is -2.15. The van der Waals surface area contributed by atoms with Crippen molar-refractivity contribution in [3.8, 4) is 0 Å². The average molecular weight is 270 g/mol. The van der Waals surface area contributed by atoms with E-state index in [2.05, 4.69) is 18.8 Å². The average Bonchev–Trinajstić information content (AvgIpc) is 2.72. The van der Waals surface area contributed by atoms with Crippen LogP contribution in [0.25, 0.3) is 0 Å². The number of aryl methyl sites for hydroxylation is 1. The highest BCUT2D eigenvalue weighted by Crippen LogP contribution is 2.24. The van der Waals surface area contributed by atoms with Gasteiger partial charge in [-0.15, -0.1) is 11.3 Å². The van der Waals surface area contributed by atoms with E-state index in [1.807, 2.05) is 11.8 Å². The second kappa shape index (κ2) is 4.90. The van der Waals surface area contributed by atoms with Crippen molar-refractivity contribution in [2.45, 2.75) is 27.2 Å². The highest BCUT2D eigenvalue weighted by Gasteiger charge is 2.29. The second-order valence-electron chi connectivity index (χ2n) is 4.99. The molecule has 0 radical (unpaired) electrons. The lowest BCUT2D eigenvalue weighted by Crippen LogP contribution is -2.30. The Labute approximate surface area is 111 Å². The molecular formula is C12H18N2OS2. The monoisotopic (exact) mass is 270 g/mol. The smallest absolute Gasteiger partial charge is 0.227 e. The molecular weight excluding hydrogens is 252 g/mol. The van der Waals surface area contributed by atoms with Crippen LogP contribution in [0.3, 0.4) is 0 Å². The zero-order valence-corrected chi connectivity index (χ0v) is 12.1. The molecule has 1 N–H and O–H groups in total. The second-order valence-corrected chi connectivity index (χ2v) is 6.76. The van der Waals surface area contributed by atoms with E-state index in [1.54, 1.807) is 0 Å². The third-order valence-electron chi connectivity index (χ3n) is 3.58. The first kappa shape index (κ1) is 12.8. The zero-order valence-electron chi connectivity index (χ0n) is 10.4. The van der Waals surface area contributed by atoms with Crippen molar-refractivity contribution in [1.82, 2.24) is 9.88 Å². The number of likely N-dealkylation sites (tertiary alicyclic amines) is 1. The van der Waals surface area contributed by atoms with Crippen LogP contribution in [0.4, 0.5) is 0 Å². The molecule has 5 heteroatoms. The van der Waals surface area contributed by atoms with E-state index < -0.39 is 0 Å². The fourth-order valence-corrected chi connectivity index (χ4v) is 3.47. The number of amides is 1. The van der Waals surface area contributed by atoms with Gasteiger partial charge in [0.2, 0.25) is 5.91 Å². The van der Waals surface area contributed by atoms with Crippen molar-refractivity contribution in [3.63, 3.8) is 0 Å². The van der Waals surface area contributed by atoms with Gasteiger partial charge in [0, 0.05) is 23.7 Å². The van der Waals surface area contributed by atoms with Crippen LogP contribution in [0.1, 0.15) is 24.4 Å². The minimum absolute atomic E-state index is 0.231. The number of rotatable bonds is 2. The minimum Gasteiger partial charge on any atom is -0.342 e. The van der Waals surface area contributed by atoms with Crippen LogP contribution in [-0.4, -0.2) is 28.9 Å². The van der Waals surface area contributed by atoms with Gasteiger partial charge < -0.3 is 9.88 Å². The van der Waals surface area contributed by atoms with Gasteiger partial charge in [-0.05, 0) is 31.0 Å². The van der Waals surface area contributed by atoms with E-state index in [9.17, 15) is 4.79 Å². The molecule has 2 atom stereocenters. The van der Waals surface area contributed by atoms with E-state index in [4.69, 9.17) is 12.2 Å². The van der Waals surface area contributed by atoms with Gasteiger partial charge in [-0.25, -0.2) is 0 Å². The molecule has 0 bridgehead atoms. The van der Waals surface area contributed by atoms with Gasteiger partial charge in [-0.1, -0.05) is 13.8 Å². The van der Waals surface area contributed by atoms with Crippen molar-refractivity contribution < 1.29 is 4.79 Å². The first-order valence-electron chi connectivity index (χ1n) is 5.93. The number of hydrogen-bond donors (Lipinski definition) is 1. The van der Waals surface area contributed by atoms with Crippen LogP contribution in [0.15, 0.2) is 0 Å². The molecule has 1 saturated heterocycles. The van der Waals surface area contributed by atoms with Crippen molar-refractivity contribution in [2.75, 3.05) is 13.1 Å². The van der Waals surface area contributed by atoms with Crippen LogP contribution in [0, 0.1) is 22.7 Å². The molecule has 94 valence electrons. The third kappa shape index (κ3) is 2.77. The minimum atomic E-state index is 0.231. The molecule has 1 aliphatic heterocycles. The standard InChI is InChI=1S/C12H18N2OS2/c1-7-5-14(6-8(7)2)11(15)4-10-9(3)13-12(16)17-10/h7-8H,4-6H2,1-3H3,(H,13,16). The van der Waals surface area contributed by atoms with Crippen molar-refractivity contribution in [3.05, 3.63) is 14.5 Å². The predicted molar refractivity (Wildman–Crippen MR) is 72.9 cm³/mol. The molecule has 1 aromatic rings. The number of hydrogen-bond acceptors (Lipinski definition) is 3. The summed E-state index contributed by atoms with van der Waals surface area (Å²) < 4.78 is 0.758. The van der Waals surface area contributed by atoms with E-state index in [-0.39, 0.29) is 5.91 Å². The number of H-pyrrole nitrogens is 1. The Bertz CT molecular complexity index is 467. The van der Waals surface area contributed by atoms with E-state index >= 15 is 0 Å². The van der Waals surface area contributed by atoms with E-state index in [1.165, 1.54) is 11.3 Å². The molecule has 0 saturated carbocycles. The molecule has 17 heavy (non-hydrogen) atoms. The molecule has 1 amide bonds. The Hall–Kier alpha value is -0.680. The van der Waals surface area contributed by atoms with Crippen LogP contribution in [0.5, 0.6) is 0 Å². The molecule has 2 rings (SSSR count). The number of nitrogens with one attached hydrogen (secondary N) is 1. The fourth-order valence-electron chi connectivity index (χ4n) is 2.19. The van der Waals surface area contributed by atoms with Crippen molar-refractivity contribution >= 4 is 29.5 Å². The molecule has 0 spiro atoms. The molecule has 0 aliphatic carbocycles. The Kier molecular flexibility index (Phi) is 3.68. The van der Waals surface area contributed by atoms with Gasteiger partial charge in [-0.2, -0.15) is 0 Å². The van der Waals surface area contributed by atoms with Gasteiger partial charge >= 0.3 is 0 Å². The van der Waals surface area contributed by atoms with E-state index in [0.29, 0.717) is 18.3 Å². The summed E-state index contributed by atoms with van der Waals surface area (Å²) in [7, 11) is 0. The fraction of sp³-hybridized carbons (Fsp3) is 0.667. The van der Waals surface area contributed by atoms with Crippen LogP contribution < -0.4 is 0 Å². The number of nitrogens with zero attached hydrogens (tertiary/aromatic N) is 1. The van der Waals surface area contributed by atoms with Crippen LogP contribution in [0.2, 0.25) is 0 Å². The van der Waals surface area contributed by atoms with Gasteiger partial charge in [0.25, 0.3) is 0 Å². The normalized spacial score (nSPS) is 24.3. The zero-order chi connectivity index (χ0) is 12.6. The quantitative estimate of drug-likeness (QED) is 0.839. The van der Waals surface area contributed by atoms with Crippen molar-refractivity contribution in [1.29, 1.82) is 0 Å². The summed E-state index contributed by atoms with van der Waals surface area (Å²) in [6.45, 7) is 8.20. The summed E-state index contributed by atoms with van der Waals surface area (Å²) in [6, 6.07) is 0. The summed E-state index contributed by atoms with van der Waals surface area (Å²) >= 11 is 6.60. The molecule has 0 aromatic carbocycles. The maximum Gasteiger partial charge on any atom is 0.227 e. The number of carbonyl (C=O) groups is 1. The molecule has 3 nitrogen and oxygen atoms in total. The highest BCUT2D eigenvalue weighted by molar-refractivity contribution is 7.73. The highest BCUT2D eigenvalue weighted by atomic mass is 32.1. The topological polar surface area (TPSA) is 36.1 Å². The first-order chi connectivity index (χ1) is 7.97. The van der Waals surface area contributed by atoms with Crippen LogP contribution in [-0.2, 0) is 11.2 Å². The van der Waals surface area contributed by atoms with Crippen LogP contribution >= 0.6 is 23.6 Å². The number of aromatic nitrogens is 1. The SMILES string of the molecule is Cc1[nH]c(=S)sc1CC(=O)N1CC(C)C(C)C1. The maximum atomic E-state index is 12.2. The lowest BCUT2D eigenvalue weighted by atomic mass is 10.0. The third-order valence-corrected chi connectivity index (χ3v) is 4.91. The first-order valence-corrected chi connectivity index (χ1v) is 7.16. The summed E-state index contributed by atoms with van der Waals surface area (Å²) in [5.74, 6) is 1.46. The maximum absolute atomic E-state index is 12.2. The lowest BCUT2D eigenvalue weighted by molar-refractivity contribution is -0.129. The summed E-state index contributed by atoms with van der Waals surface area (Å²) in [5.41, 5.74) is 1.04. The molecule has 1 fully saturated rings. The van der Waals surface area contributed by atoms with Gasteiger partial charge in [0.15, 0.2) is 3.95 Å². The van der Waals surface area contributed by atoms with Gasteiger partial charge in [0.05, 0.1) is 6.42 Å². The Balaban J connectivity index is 2.03. The Morgan fingerprint density at radius 1 is 1.47 bits per heavy atom. The summed E-state index contributed by atoms with van der Waals surface area (Å²) in [4.78, 5) is 18.3. The van der Waals surface area contributed by atoms with Gasteiger partial charge in [0.1, 0.15) is 0 Å². The molecule has 2 unspecified atom stereocenters. The largest absolute Gasteiger partial charge is 0.342 e. The number of thiazole rings is 1. The van der Waals surface area contributed by atoms with Crippen molar-refractivity contribution in [2.24, 2.45) is 11.8 Å². The molecule has 1 aromatic heterocycles. The Morgan fingerprint density at radius 3 is 2.53 bits per heavy atom. The van der Waals surface area contributed by atoms with Gasteiger partial charge in [-0.3, -0.25) is 4.79 Å². The predicted octanol–water partition coefficient (Wildman–Crippen LogP) is 2.77. The summed E-state index contributed by atoms with van der Waals surface area (Å²) in [5, 5.41) is 0. The number of aromatic amines is 1. The summed E-state index contributed by atoms with van der Waals surface area (Å²) in [6.07, 6.45) is 0.489. The molecule has 2 heterocycles.